The van der Waals surface area contributed by atoms with E-state index in [0.717, 1.165) is 0 Å². The van der Waals surface area contributed by atoms with Crippen molar-refractivity contribution < 1.29 is 28.9 Å². The lowest BCUT2D eigenvalue weighted by molar-refractivity contribution is -0.115. The summed E-state index contributed by atoms with van der Waals surface area (Å²) < 4.78 is 15.6. The molecule has 0 atom stereocenters. The summed E-state index contributed by atoms with van der Waals surface area (Å²) in [5.41, 5.74) is 0.230. The van der Waals surface area contributed by atoms with Gasteiger partial charge in [0.25, 0.3) is 5.91 Å². The molecule has 26 heavy (non-hydrogen) atoms. The number of hydrogen-bond donors (Lipinski definition) is 3. The number of ether oxygens (including phenoxy) is 3. The Morgan fingerprint density at radius 2 is 1.77 bits per heavy atom. The van der Waals surface area contributed by atoms with Crippen LogP contribution in [0.15, 0.2) is 30.5 Å². The Labute approximate surface area is 149 Å². The molecule has 0 saturated carbocycles. The van der Waals surface area contributed by atoms with Crippen LogP contribution >= 0.6 is 0 Å². The van der Waals surface area contributed by atoms with Gasteiger partial charge in [0.15, 0.2) is 23.1 Å². The van der Waals surface area contributed by atoms with E-state index in [1.54, 1.807) is 0 Å². The van der Waals surface area contributed by atoms with Gasteiger partial charge in [-0.1, -0.05) is 0 Å². The molecule has 2 amide bonds. The summed E-state index contributed by atoms with van der Waals surface area (Å²) in [5.74, 6) is -0.213. The molecule has 0 fully saturated rings. The number of methoxy groups -OCH3 is 3. The molecule has 138 valence electrons. The molecule has 0 spiro atoms. The highest BCUT2D eigenvalue weighted by Gasteiger charge is 2.17. The smallest absolute Gasteiger partial charge is 0.251 e. The standard InChI is InChI=1S/C17H19N3O6/c1-24-12-7-10(8-13(25-2)15(12)26-3)17(23)19-9-14(22)20-16-11(21)5-4-6-18-16/h4-8,21H,9H2,1-3H3,(H,19,23)(H,18,20,22). The molecule has 0 aliphatic carbocycles. The van der Waals surface area contributed by atoms with E-state index in [-0.39, 0.29) is 23.7 Å². The van der Waals surface area contributed by atoms with Crippen LogP contribution in [0.1, 0.15) is 10.4 Å². The second kappa shape index (κ2) is 8.56. The number of benzene rings is 1. The average Bonchev–Trinajstić information content (AvgIpc) is 2.66. The van der Waals surface area contributed by atoms with Crippen molar-refractivity contribution in [3.05, 3.63) is 36.0 Å². The molecule has 0 unspecified atom stereocenters. The van der Waals surface area contributed by atoms with E-state index in [4.69, 9.17) is 14.2 Å². The van der Waals surface area contributed by atoms with Crippen molar-refractivity contribution in [2.75, 3.05) is 33.2 Å². The SMILES string of the molecule is COc1cc(C(=O)NCC(=O)Nc2ncccc2O)cc(OC)c1OC. The Morgan fingerprint density at radius 3 is 2.31 bits per heavy atom. The third-order valence-corrected chi connectivity index (χ3v) is 3.38. The summed E-state index contributed by atoms with van der Waals surface area (Å²) in [7, 11) is 4.33. The number of pyridine rings is 1. The number of amides is 2. The van der Waals surface area contributed by atoms with Crippen molar-refractivity contribution in [1.29, 1.82) is 0 Å². The minimum absolute atomic E-state index is 0.0135. The Kier molecular flexibility index (Phi) is 6.20. The monoisotopic (exact) mass is 361 g/mol. The first kappa shape index (κ1) is 18.8. The highest BCUT2D eigenvalue weighted by molar-refractivity contribution is 6.00. The van der Waals surface area contributed by atoms with Crippen LogP contribution in [0.4, 0.5) is 5.82 Å². The van der Waals surface area contributed by atoms with Crippen molar-refractivity contribution in [3.8, 4) is 23.0 Å². The summed E-state index contributed by atoms with van der Waals surface area (Å²) in [6.45, 7) is -0.314. The van der Waals surface area contributed by atoms with Gasteiger partial charge in [0, 0.05) is 11.8 Å². The number of nitrogens with one attached hydrogen (secondary N) is 2. The molecule has 2 rings (SSSR count). The summed E-state index contributed by atoms with van der Waals surface area (Å²) in [6, 6.07) is 5.85. The van der Waals surface area contributed by atoms with Crippen LogP contribution in [0.5, 0.6) is 23.0 Å². The van der Waals surface area contributed by atoms with E-state index in [9.17, 15) is 14.7 Å². The number of rotatable bonds is 7. The van der Waals surface area contributed by atoms with Gasteiger partial charge in [-0.2, -0.15) is 0 Å². The largest absolute Gasteiger partial charge is 0.504 e. The predicted octanol–water partition coefficient (Wildman–Crippen LogP) is 1.18. The molecule has 2 aromatic rings. The molecule has 1 heterocycles. The quantitative estimate of drug-likeness (QED) is 0.677. The number of aromatic nitrogens is 1. The van der Waals surface area contributed by atoms with Gasteiger partial charge < -0.3 is 30.0 Å². The Balaban J connectivity index is 2.05. The van der Waals surface area contributed by atoms with Crippen molar-refractivity contribution in [3.63, 3.8) is 0 Å². The Hall–Kier alpha value is -3.49. The predicted molar refractivity (Wildman–Crippen MR) is 93.0 cm³/mol. The maximum absolute atomic E-state index is 12.3. The molecule has 1 aromatic carbocycles. The zero-order chi connectivity index (χ0) is 19.1. The van der Waals surface area contributed by atoms with Gasteiger partial charge in [-0.05, 0) is 24.3 Å². The number of aromatic hydroxyl groups is 1. The Morgan fingerprint density at radius 1 is 1.12 bits per heavy atom. The van der Waals surface area contributed by atoms with Gasteiger partial charge in [-0.3, -0.25) is 9.59 Å². The van der Waals surface area contributed by atoms with Gasteiger partial charge in [0.1, 0.15) is 0 Å². The molecule has 0 aliphatic rings. The van der Waals surface area contributed by atoms with Crippen LogP contribution in [-0.4, -0.2) is 49.8 Å². The first-order valence-corrected chi connectivity index (χ1v) is 7.52. The molecule has 3 N–H and O–H groups in total. The Bertz CT molecular complexity index is 784. The zero-order valence-corrected chi connectivity index (χ0v) is 14.5. The van der Waals surface area contributed by atoms with E-state index >= 15 is 0 Å². The second-order valence-corrected chi connectivity index (χ2v) is 5.02. The van der Waals surface area contributed by atoms with Crippen molar-refractivity contribution in [1.82, 2.24) is 10.3 Å². The van der Waals surface area contributed by atoms with E-state index in [1.165, 1.54) is 51.8 Å². The maximum atomic E-state index is 12.3. The molecule has 0 radical (unpaired) electrons. The minimum atomic E-state index is -0.542. The lowest BCUT2D eigenvalue weighted by Gasteiger charge is -2.14. The number of hydrogen-bond acceptors (Lipinski definition) is 7. The topological polar surface area (TPSA) is 119 Å². The number of anilines is 1. The average molecular weight is 361 g/mol. The van der Waals surface area contributed by atoms with Crippen LogP contribution in [0, 0.1) is 0 Å². The molecule has 9 nitrogen and oxygen atoms in total. The van der Waals surface area contributed by atoms with Crippen LogP contribution in [0.25, 0.3) is 0 Å². The van der Waals surface area contributed by atoms with Crippen LogP contribution in [-0.2, 0) is 4.79 Å². The van der Waals surface area contributed by atoms with Gasteiger partial charge in [0.05, 0.1) is 27.9 Å². The molecule has 0 bridgehead atoms. The zero-order valence-electron chi connectivity index (χ0n) is 14.5. The van der Waals surface area contributed by atoms with Crippen LogP contribution in [0.2, 0.25) is 0 Å². The lowest BCUT2D eigenvalue weighted by atomic mass is 10.1. The van der Waals surface area contributed by atoms with Crippen molar-refractivity contribution in [2.24, 2.45) is 0 Å². The highest BCUT2D eigenvalue weighted by Crippen LogP contribution is 2.38. The van der Waals surface area contributed by atoms with E-state index in [2.05, 4.69) is 15.6 Å². The first-order valence-electron chi connectivity index (χ1n) is 7.52. The van der Waals surface area contributed by atoms with E-state index in [0.29, 0.717) is 17.2 Å². The summed E-state index contributed by atoms with van der Waals surface area (Å²) in [6.07, 6.45) is 1.42. The molecule has 9 heteroatoms. The van der Waals surface area contributed by atoms with Gasteiger partial charge >= 0.3 is 0 Å². The number of nitrogens with zero attached hydrogens (tertiary/aromatic N) is 1. The minimum Gasteiger partial charge on any atom is -0.504 e. The molecule has 0 saturated heterocycles. The fourth-order valence-corrected chi connectivity index (χ4v) is 2.14. The fourth-order valence-electron chi connectivity index (χ4n) is 2.14. The molecule has 0 aliphatic heterocycles. The van der Waals surface area contributed by atoms with E-state index in [1.807, 2.05) is 0 Å². The van der Waals surface area contributed by atoms with Gasteiger partial charge in [-0.15, -0.1) is 0 Å². The summed E-state index contributed by atoms with van der Waals surface area (Å²) in [5, 5.41) is 14.4. The number of carbonyl (C=O) groups is 2. The fraction of sp³-hybridized carbons (Fsp3) is 0.235. The summed E-state index contributed by atoms with van der Waals surface area (Å²) >= 11 is 0. The van der Waals surface area contributed by atoms with Crippen LogP contribution in [0.3, 0.4) is 0 Å². The maximum Gasteiger partial charge on any atom is 0.251 e. The van der Waals surface area contributed by atoms with Crippen LogP contribution < -0.4 is 24.8 Å². The summed E-state index contributed by atoms with van der Waals surface area (Å²) in [4.78, 5) is 28.0. The molecular formula is C17H19N3O6. The normalized spacial score (nSPS) is 9.96. The van der Waals surface area contributed by atoms with Gasteiger partial charge in [0.2, 0.25) is 11.7 Å². The van der Waals surface area contributed by atoms with Gasteiger partial charge in [-0.25, -0.2) is 4.98 Å². The van der Waals surface area contributed by atoms with Crippen molar-refractivity contribution >= 4 is 17.6 Å². The number of carbonyl (C=O) groups excluding carboxylic acids is 2. The first-order chi connectivity index (χ1) is 12.5. The van der Waals surface area contributed by atoms with Crippen molar-refractivity contribution in [2.45, 2.75) is 0 Å². The second-order valence-electron chi connectivity index (χ2n) is 5.02. The third-order valence-electron chi connectivity index (χ3n) is 3.38. The molecular weight excluding hydrogens is 342 g/mol. The molecule has 1 aromatic heterocycles. The van der Waals surface area contributed by atoms with E-state index < -0.39 is 11.8 Å². The lowest BCUT2D eigenvalue weighted by Crippen LogP contribution is -2.33. The highest BCUT2D eigenvalue weighted by atomic mass is 16.5. The third kappa shape index (κ3) is 4.32.